The van der Waals surface area contributed by atoms with Gasteiger partial charge in [-0.1, -0.05) is 24.6 Å². The molecule has 1 aromatic carbocycles. The van der Waals surface area contributed by atoms with E-state index in [1.54, 1.807) is 7.11 Å². The second-order valence-electron chi connectivity index (χ2n) is 7.74. The second kappa shape index (κ2) is 4.59. The molecular weight excluding hydrogens is 284 g/mol. The summed E-state index contributed by atoms with van der Waals surface area (Å²) in [6.45, 7) is 6.48. The minimum absolute atomic E-state index is 0.0656. The molecule has 2 nitrogen and oxygen atoms in total. The highest BCUT2D eigenvalue weighted by molar-refractivity contribution is 6.06. The lowest BCUT2D eigenvalue weighted by molar-refractivity contribution is -0.122. The Hall–Kier alpha value is -1.83. The Morgan fingerprint density at radius 1 is 1.09 bits per heavy atom. The molecule has 0 amide bonds. The van der Waals surface area contributed by atoms with Gasteiger partial charge in [0.1, 0.15) is 5.75 Å². The zero-order valence-electron chi connectivity index (χ0n) is 14.5. The molecule has 23 heavy (non-hydrogen) atoms. The predicted molar refractivity (Wildman–Crippen MR) is 91.8 cm³/mol. The van der Waals surface area contributed by atoms with Crippen molar-refractivity contribution in [3.8, 4) is 5.75 Å². The summed E-state index contributed by atoms with van der Waals surface area (Å²) in [4.78, 5) is 12.7. The molecule has 0 aliphatic heterocycles. The first-order chi connectivity index (χ1) is 10.9. The number of hydrogen-bond acceptors (Lipinski definition) is 2. The van der Waals surface area contributed by atoms with Crippen LogP contribution in [0.2, 0.25) is 0 Å². The van der Waals surface area contributed by atoms with E-state index in [-0.39, 0.29) is 10.8 Å². The molecule has 0 N–H and O–H groups in total. The quantitative estimate of drug-likeness (QED) is 0.762. The number of carbonyl (C=O) groups excluding carboxylic acids is 1. The van der Waals surface area contributed by atoms with Gasteiger partial charge in [-0.05, 0) is 73.9 Å². The second-order valence-corrected chi connectivity index (χ2v) is 7.74. The minimum atomic E-state index is -0.275. The largest absolute Gasteiger partial charge is 0.497 e. The normalized spacial score (nSPS) is 32.2. The van der Waals surface area contributed by atoms with Gasteiger partial charge in [0.15, 0.2) is 5.78 Å². The molecule has 0 aromatic heterocycles. The van der Waals surface area contributed by atoms with Crippen molar-refractivity contribution in [1.29, 1.82) is 0 Å². The van der Waals surface area contributed by atoms with Gasteiger partial charge >= 0.3 is 0 Å². The van der Waals surface area contributed by atoms with E-state index in [0.29, 0.717) is 5.78 Å². The molecule has 4 rings (SSSR count). The summed E-state index contributed by atoms with van der Waals surface area (Å²) < 4.78 is 5.40. The zero-order valence-corrected chi connectivity index (χ0v) is 14.5. The number of ketones is 1. The predicted octanol–water partition coefficient (Wildman–Crippen LogP) is 4.52. The molecule has 3 aliphatic carbocycles. The Bertz CT molecular complexity index is 783. The molecule has 2 atom stereocenters. The van der Waals surface area contributed by atoms with Gasteiger partial charge in [0.2, 0.25) is 0 Å². The Morgan fingerprint density at radius 3 is 2.57 bits per heavy atom. The maximum absolute atomic E-state index is 12.7. The van der Waals surface area contributed by atoms with Gasteiger partial charge in [0, 0.05) is 5.41 Å². The van der Waals surface area contributed by atoms with Crippen molar-refractivity contribution in [2.75, 3.05) is 7.11 Å². The standard InChI is InChI=1S/C21H24O2/c1-13-11-18-17-7-5-14-12-15(23-4)6-8-16(14)20(17,2)9-10-21(18,3)19(13)22/h6,8,11-12H,5,7,9-10H2,1-4H3/t20-,21-/m0/s1. The lowest BCUT2D eigenvalue weighted by Gasteiger charge is -2.47. The van der Waals surface area contributed by atoms with Crippen molar-refractivity contribution in [2.24, 2.45) is 5.41 Å². The monoisotopic (exact) mass is 308 g/mol. The molecule has 0 heterocycles. The number of rotatable bonds is 1. The van der Waals surface area contributed by atoms with Crippen molar-refractivity contribution in [3.63, 3.8) is 0 Å². The summed E-state index contributed by atoms with van der Waals surface area (Å²) in [6, 6.07) is 6.51. The van der Waals surface area contributed by atoms with Crippen molar-refractivity contribution >= 4 is 5.78 Å². The summed E-state index contributed by atoms with van der Waals surface area (Å²) in [5.41, 5.74) is 6.37. The molecule has 0 spiro atoms. The van der Waals surface area contributed by atoms with Crippen LogP contribution in [0.15, 0.2) is 41.0 Å². The van der Waals surface area contributed by atoms with Crippen LogP contribution < -0.4 is 4.74 Å². The fourth-order valence-electron chi connectivity index (χ4n) is 5.02. The van der Waals surface area contributed by atoms with Gasteiger partial charge < -0.3 is 4.74 Å². The smallest absolute Gasteiger partial charge is 0.168 e. The number of hydrogen-bond donors (Lipinski definition) is 0. The van der Waals surface area contributed by atoms with E-state index < -0.39 is 0 Å². The van der Waals surface area contributed by atoms with Crippen LogP contribution in [-0.2, 0) is 16.6 Å². The van der Waals surface area contributed by atoms with E-state index in [1.807, 2.05) is 6.92 Å². The minimum Gasteiger partial charge on any atom is -0.497 e. The third kappa shape index (κ3) is 1.78. The van der Waals surface area contributed by atoms with Crippen molar-refractivity contribution in [1.82, 2.24) is 0 Å². The number of carbonyl (C=O) groups is 1. The van der Waals surface area contributed by atoms with E-state index in [1.165, 1.54) is 22.3 Å². The van der Waals surface area contributed by atoms with Crippen LogP contribution in [0, 0.1) is 5.41 Å². The van der Waals surface area contributed by atoms with E-state index in [2.05, 4.69) is 38.1 Å². The van der Waals surface area contributed by atoms with Gasteiger partial charge in [-0.3, -0.25) is 4.79 Å². The fourth-order valence-corrected chi connectivity index (χ4v) is 5.02. The van der Waals surface area contributed by atoms with Crippen LogP contribution in [-0.4, -0.2) is 12.9 Å². The molecule has 0 unspecified atom stereocenters. The molecular formula is C21H24O2. The number of aryl methyl sites for hydroxylation is 1. The summed E-state index contributed by atoms with van der Waals surface area (Å²) in [5, 5.41) is 0. The average Bonchev–Trinajstić information content (AvgIpc) is 2.78. The van der Waals surface area contributed by atoms with Crippen molar-refractivity contribution in [2.45, 2.75) is 51.9 Å². The van der Waals surface area contributed by atoms with Gasteiger partial charge in [-0.25, -0.2) is 0 Å². The third-order valence-corrected chi connectivity index (χ3v) is 6.48. The summed E-state index contributed by atoms with van der Waals surface area (Å²) in [7, 11) is 1.73. The SMILES string of the molecule is COc1ccc2c(c1)CCC1=C3C=C(C)C(=O)[C@@]3(C)CC[C@]12C. The summed E-state index contributed by atoms with van der Waals surface area (Å²) in [6.07, 6.45) is 6.26. The maximum atomic E-state index is 12.7. The van der Waals surface area contributed by atoms with Gasteiger partial charge in [0.25, 0.3) is 0 Å². The molecule has 0 radical (unpaired) electrons. The molecule has 0 saturated carbocycles. The van der Waals surface area contributed by atoms with Crippen LogP contribution in [0.3, 0.4) is 0 Å². The maximum Gasteiger partial charge on any atom is 0.168 e. The number of methoxy groups -OCH3 is 1. The van der Waals surface area contributed by atoms with Gasteiger partial charge in [-0.2, -0.15) is 0 Å². The highest BCUT2D eigenvalue weighted by atomic mass is 16.5. The van der Waals surface area contributed by atoms with Crippen LogP contribution in [0.4, 0.5) is 0 Å². The number of ether oxygens (including phenoxy) is 1. The topological polar surface area (TPSA) is 26.3 Å². The van der Waals surface area contributed by atoms with E-state index >= 15 is 0 Å². The Balaban J connectivity index is 1.92. The first-order valence-corrected chi connectivity index (χ1v) is 8.55. The Labute approximate surface area is 138 Å². The van der Waals surface area contributed by atoms with Crippen LogP contribution in [0.1, 0.15) is 51.2 Å². The first kappa shape index (κ1) is 14.7. The van der Waals surface area contributed by atoms with E-state index in [4.69, 9.17) is 4.74 Å². The third-order valence-electron chi connectivity index (χ3n) is 6.48. The van der Waals surface area contributed by atoms with Crippen molar-refractivity contribution in [3.05, 3.63) is 52.1 Å². The molecule has 120 valence electrons. The van der Waals surface area contributed by atoms with Gasteiger partial charge in [-0.15, -0.1) is 0 Å². The number of allylic oxidation sites excluding steroid dienone is 4. The first-order valence-electron chi connectivity index (χ1n) is 8.55. The molecule has 2 heteroatoms. The molecule has 3 aliphatic rings. The average molecular weight is 308 g/mol. The van der Waals surface area contributed by atoms with Crippen molar-refractivity contribution < 1.29 is 9.53 Å². The lowest BCUT2D eigenvalue weighted by atomic mass is 9.56. The van der Waals surface area contributed by atoms with Crippen LogP contribution in [0.5, 0.6) is 5.75 Å². The Morgan fingerprint density at radius 2 is 1.83 bits per heavy atom. The molecule has 0 bridgehead atoms. The highest BCUT2D eigenvalue weighted by Gasteiger charge is 2.51. The number of fused-ring (bicyclic) bond motifs is 4. The highest BCUT2D eigenvalue weighted by Crippen LogP contribution is 2.57. The molecule has 1 aromatic rings. The summed E-state index contributed by atoms with van der Waals surface area (Å²) in [5.74, 6) is 1.28. The van der Waals surface area contributed by atoms with Crippen LogP contribution >= 0.6 is 0 Å². The lowest BCUT2D eigenvalue weighted by Crippen LogP contribution is -2.41. The fraction of sp³-hybridized carbons (Fsp3) is 0.476. The van der Waals surface area contributed by atoms with E-state index in [0.717, 1.165) is 37.0 Å². The number of Topliss-reactive ketones (excluding diaryl/α,β-unsaturated/α-hetero) is 1. The van der Waals surface area contributed by atoms with E-state index in [9.17, 15) is 4.79 Å². The number of benzene rings is 1. The molecule has 0 saturated heterocycles. The summed E-state index contributed by atoms with van der Waals surface area (Å²) >= 11 is 0. The zero-order chi connectivity index (χ0) is 16.4. The van der Waals surface area contributed by atoms with Gasteiger partial charge in [0.05, 0.1) is 12.5 Å². The van der Waals surface area contributed by atoms with Crippen LogP contribution in [0.25, 0.3) is 0 Å². The Kier molecular flexibility index (Phi) is 2.94. The molecule has 0 fully saturated rings.